The molecular formula is C18H30Cl2N4O3. The SMILES string of the molecule is COc1ccc(C(=O)NCCN2CCN(C(=O)CCCN)CC2)cc1.Cl.Cl. The minimum absolute atomic E-state index is 0. The number of piperazine rings is 1. The van der Waals surface area contributed by atoms with Crippen molar-refractivity contribution in [2.45, 2.75) is 12.8 Å². The molecule has 9 heteroatoms. The molecule has 1 saturated heterocycles. The van der Waals surface area contributed by atoms with Gasteiger partial charge in [0, 0.05) is 51.3 Å². The molecule has 1 aromatic rings. The lowest BCUT2D eigenvalue weighted by molar-refractivity contribution is -0.133. The number of carbonyl (C=O) groups excluding carboxylic acids is 2. The Morgan fingerprint density at radius 1 is 1.11 bits per heavy atom. The van der Waals surface area contributed by atoms with E-state index in [1.165, 1.54) is 0 Å². The molecule has 0 atom stereocenters. The first-order valence-electron chi connectivity index (χ1n) is 8.76. The molecule has 0 bridgehead atoms. The van der Waals surface area contributed by atoms with E-state index in [9.17, 15) is 9.59 Å². The zero-order valence-electron chi connectivity index (χ0n) is 15.7. The highest BCUT2D eigenvalue weighted by Gasteiger charge is 2.20. The molecule has 0 radical (unpaired) electrons. The van der Waals surface area contributed by atoms with Crippen LogP contribution >= 0.6 is 24.8 Å². The number of methoxy groups -OCH3 is 1. The second-order valence-electron chi connectivity index (χ2n) is 6.10. The summed E-state index contributed by atoms with van der Waals surface area (Å²) in [5, 5.41) is 2.93. The maximum absolute atomic E-state index is 12.1. The molecule has 0 saturated carbocycles. The van der Waals surface area contributed by atoms with Crippen molar-refractivity contribution in [1.82, 2.24) is 15.1 Å². The third kappa shape index (κ3) is 8.34. The van der Waals surface area contributed by atoms with Crippen molar-refractivity contribution in [2.75, 3.05) is 52.9 Å². The molecule has 0 spiro atoms. The first kappa shape index (κ1) is 25.5. The monoisotopic (exact) mass is 420 g/mol. The van der Waals surface area contributed by atoms with Gasteiger partial charge in [0.15, 0.2) is 0 Å². The molecule has 2 rings (SSSR count). The zero-order valence-corrected chi connectivity index (χ0v) is 17.3. The topological polar surface area (TPSA) is 87.9 Å². The lowest BCUT2D eigenvalue weighted by atomic mass is 10.2. The van der Waals surface area contributed by atoms with E-state index in [2.05, 4.69) is 10.2 Å². The minimum Gasteiger partial charge on any atom is -0.497 e. The van der Waals surface area contributed by atoms with Gasteiger partial charge in [-0.15, -0.1) is 24.8 Å². The van der Waals surface area contributed by atoms with Crippen molar-refractivity contribution in [3.63, 3.8) is 0 Å². The fraction of sp³-hybridized carbons (Fsp3) is 0.556. The van der Waals surface area contributed by atoms with Crippen molar-refractivity contribution in [3.8, 4) is 5.75 Å². The number of nitrogens with two attached hydrogens (primary N) is 1. The number of halogens is 2. The number of ether oxygens (including phenoxy) is 1. The van der Waals surface area contributed by atoms with Crippen LogP contribution in [0.5, 0.6) is 5.75 Å². The van der Waals surface area contributed by atoms with Crippen molar-refractivity contribution >= 4 is 36.6 Å². The number of rotatable bonds is 8. The van der Waals surface area contributed by atoms with Crippen LogP contribution in [0.4, 0.5) is 0 Å². The molecule has 0 aliphatic carbocycles. The highest BCUT2D eigenvalue weighted by Crippen LogP contribution is 2.11. The number of nitrogens with one attached hydrogen (secondary N) is 1. The standard InChI is InChI=1S/C18H28N4O3.2ClH/c1-25-16-6-4-15(5-7-16)18(24)20-9-10-21-11-13-22(14-12-21)17(23)3-2-8-19;;/h4-7H,2-3,8-14,19H2,1H3,(H,20,24);2*1H. The molecule has 3 N–H and O–H groups in total. The summed E-state index contributed by atoms with van der Waals surface area (Å²) in [6.45, 7) is 5.10. The van der Waals surface area contributed by atoms with Gasteiger partial charge in [-0.05, 0) is 37.2 Å². The molecule has 7 nitrogen and oxygen atoms in total. The van der Waals surface area contributed by atoms with Gasteiger partial charge < -0.3 is 20.7 Å². The van der Waals surface area contributed by atoms with E-state index < -0.39 is 0 Å². The second-order valence-corrected chi connectivity index (χ2v) is 6.10. The highest BCUT2D eigenvalue weighted by molar-refractivity contribution is 5.94. The Kier molecular flexibility index (Phi) is 12.8. The quantitative estimate of drug-likeness (QED) is 0.658. The minimum atomic E-state index is -0.0850. The smallest absolute Gasteiger partial charge is 0.251 e. The molecule has 1 fully saturated rings. The summed E-state index contributed by atoms with van der Waals surface area (Å²) in [6, 6.07) is 7.05. The summed E-state index contributed by atoms with van der Waals surface area (Å²) in [4.78, 5) is 28.2. The molecular weight excluding hydrogens is 391 g/mol. The van der Waals surface area contributed by atoms with Gasteiger partial charge in [-0.25, -0.2) is 0 Å². The van der Waals surface area contributed by atoms with Crippen LogP contribution in [0.2, 0.25) is 0 Å². The Hall–Kier alpha value is -1.54. The van der Waals surface area contributed by atoms with Crippen LogP contribution in [0, 0.1) is 0 Å². The molecule has 27 heavy (non-hydrogen) atoms. The lowest BCUT2D eigenvalue weighted by Gasteiger charge is -2.34. The lowest BCUT2D eigenvalue weighted by Crippen LogP contribution is -2.50. The summed E-state index contributed by atoms with van der Waals surface area (Å²) < 4.78 is 5.08. The fourth-order valence-corrected chi connectivity index (χ4v) is 2.80. The Morgan fingerprint density at radius 3 is 2.30 bits per heavy atom. The highest BCUT2D eigenvalue weighted by atomic mass is 35.5. The van der Waals surface area contributed by atoms with E-state index in [4.69, 9.17) is 10.5 Å². The summed E-state index contributed by atoms with van der Waals surface area (Å²) in [5.41, 5.74) is 6.07. The van der Waals surface area contributed by atoms with Gasteiger partial charge in [0.2, 0.25) is 5.91 Å². The predicted octanol–water partition coefficient (Wildman–Crippen LogP) is 1.15. The normalized spacial score (nSPS) is 13.9. The molecule has 1 heterocycles. The van der Waals surface area contributed by atoms with Gasteiger partial charge in [-0.2, -0.15) is 0 Å². The van der Waals surface area contributed by atoms with Crippen LogP contribution in [0.15, 0.2) is 24.3 Å². The third-order valence-corrected chi connectivity index (χ3v) is 4.39. The number of carbonyl (C=O) groups is 2. The van der Waals surface area contributed by atoms with Gasteiger partial charge in [0.25, 0.3) is 5.91 Å². The molecule has 154 valence electrons. The van der Waals surface area contributed by atoms with Crippen LogP contribution in [-0.4, -0.2) is 74.5 Å². The first-order chi connectivity index (χ1) is 12.1. The third-order valence-electron chi connectivity index (χ3n) is 4.39. The van der Waals surface area contributed by atoms with Crippen LogP contribution in [0.1, 0.15) is 23.2 Å². The molecule has 1 aliphatic rings. The Morgan fingerprint density at radius 2 is 1.74 bits per heavy atom. The average Bonchev–Trinajstić information content (AvgIpc) is 2.66. The average molecular weight is 421 g/mol. The largest absolute Gasteiger partial charge is 0.497 e. The van der Waals surface area contributed by atoms with E-state index in [1.54, 1.807) is 31.4 Å². The van der Waals surface area contributed by atoms with Crippen molar-refractivity contribution in [1.29, 1.82) is 0 Å². The Bertz CT molecular complexity index is 564. The fourth-order valence-electron chi connectivity index (χ4n) is 2.80. The van der Waals surface area contributed by atoms with Crippen LogP contribution < -0.4 is 15.8 Å². The van der Waals surface area contributed by atoms with E-state index in [0.29, 0.717) is 25.1 Å². The van der Waals surface area contributed by atoms with Crippen molar-refractivity contribution in [3.05, 3.63) is 29.8 Å². The van der Waals surface area contributed by atoms with Gasteiger partial charge in [-0.3, -0.25) is 14.5 Å². The van der Waals surface area contributed by atoms with Crippen molar-refractivity contribution in [2.24, 2.45) is 5.73 Å². The maximum Gasteiger partial charge on any atom is 0.251 e. The van der Waals surface area contributed by atoms with Gasteiger partial charge in [0.05, 0.1) is 7.11 Å². The van der Waals surface area contributed by atoms with E-state index in [0.717, 1.165) is 44.9 Å². The van der Waals surface area contributed by atoms with Crippen LogP contribution in [-0.2, 0) is 4.79 Å². The van der Waals surface area contributed by atoms with Crippen LogP contribution in [0.25, 0.3) is 0 Å². The Balaban J connectivity index is 0.00000338. The summed E-state index contributed by atoms with van der Waals surface area (Å²) in [6.07, 6.45) is 1.28. The van der Waals surface area contributed by atoms with E-state index in [1.807, 2.05) is 4.90 Å². The summed E-state index contributed by atoms with van der Waals surface area (Å²) in [7, 11) is 1.60. The van der Waals surface area contributed by atoms with E-state index in [-0.39, 0.29) is 36.6 Å². The molecule has 1 aliphatic heterocycles. The number of benzene rings is 1. The summed E-state index contributed by atoms with van der Waals surface area (Å²) in [5.74, 6) is 0.839. The Labute approximate surface area is 173 Å². The predicted molar refractivity (Wildman–Crippen MR) is 111 cm³/mol. The van der Waals surface area contributed by atoms with E-state index >= 15 is 0 Å². The molecule has 1 aromatic carbocycles. The molecule has 0 unspecified atom stereocenters. The number of hydrogen-bond donors (Lipinski definition) is 2. The number of nitrogens with zero attached hydrogens (tertiary/aromatic N) is 2. The van der Waals surface area contributed by atoms with Gasteiger partial charge in [0.1, 0.15) is 5.75 Å². The van der Waals surface area contributed by atoms with Gasteiger partial charge in [-0.1, -0.05) is 0 Å². The molecule has 0 aromatic heterocycles. The maximum atomic E-state index is 12.1. The zero-order chi connectivity index (χ0) is 18.1. The van der Waals surface area contributed by atoms with Crippen LogP contribution in [0.3, 0.4) is 0 Å². The van der Waals surface area contributed by atoms with Crippen molar-refractivity contribution < 1.29 is 14.3 Å². The number of hydrogen-bond acceptors (Lipinski definition) is 5. The second kappa shape index (κ2) is 13.6. The summed E-state index contributed by atoms with van der Waals surface area (Å²) >= 11 is 0. The molecule has 2 amide bonds. The first-order valence-corrected chi connectivity index (χ1v) is 8.76. The number of amides is 2. The van der Waals surface area contributed by atoms with Gasteiger partial charge >= 0.3 is 0 Å².